The zero-order chi connectivity index (χ0) is 7.56. The molecule has 1 fully saturated rings. The van der Waals surface area contributed by atoms with E-state index in [2.05, 4.69) is 19.3 Å². The first-order valence-corrected chi connectivity index (χ1v) is 4.20. The number of hydrazine groups is 1. The summed E-state index contributed by atoms with van der Waals surface area (Å²) in [6, 6.07) is 0.535. The van der Waals surface area contributed by atoms with Crippen LogP contribution in [0.4, 0.5) is 0 Å². The van der Waals surface area contributed by atoms with Crippen molar-refractivity contribution < 1.29 is 0 Å². The molecule has 0 heterocycles. The van der Waals surface area contributed by atoms with Crippen LogP contribution in [0.2, 0.25) is 0 Å². The fourth-order valence-corrected chi connectivity index (χ4v) is 1.25. The molecule has 60 valence electrons. The van der Waals surface area contributed by atoms with Crippen LogP contribution in [0.1, 0.15) is 33.1 Å². The molecule has 0 aromatic rings. The number of hydrogen-bond donors (Lipinski definition) is 2. The third kappa shape index (κ3) is 2.27. The van der Waals surface area contributed by atoms with Crippen LogP contribution in [-0.4, -0.2) is 6.04 Å². The summed E-state index contributed by atoms with van der Waals surface area (Å²) in [6.45, 7) is 4.43. The minimum absolute atomic E-state index is 0.535. The highest BCUT2D eigenvalue weighted by molar-refractivity contribution is 4.80. The van der Waals surface area contributed by atoms with Gasteiger partial charge in [0.2, 0.25) is 0 Å². The van der Waals surface area contributed by atoms with Gasteiger partial charge in [-0.25, -0.2) is 0 Å². The first-order chi connectivity index (χ1) is 4.74. The monoisotopic (exact) mass is 142 g/mol. The molecule has 0 amide bonds. The Labute approximate surface area is 63.1 Å². The summed E-state index contributed by atoms with van der Waals surface area (Å²) >= 11 is 0. The number of hydrogen-bond acceptors (Lipinski definition) is 2. The highest BCUT2D eigenvalue weighted by Gasteiger charge is 2.26. The first-order valence-electron chi connectivity index (χ1n) is 4.20. The Morgan fingerprint density at radius 3 is 2.40 bits per heavy atom. The van der Waals surface area contributed by atoms with Gasteiger partial charge in [-0.15, -0.1) is 0 Å². The molecule has 1 atom stereocenters. The molecule has 0 aromatic heterocycles. The molecular weight excluding hydrogens is 124 g/mol. The van der Waals surface area contributed by atoms with Crippen molar-refractivity contribution in [2.24, 2.45) is 17.7 Å². The van der Waals surface area contributed by atoms with E-state index in [0.717, 1.165) is 5.92 Å². The Balaban J connectivity index is 2.17. The molecule has 0 aromatic carbocycles. The fourth-order valence-electron chi connectivity index (χ4n) is 1.25. The Morgan fingerprint density at radius 1 is 1.50 bits per heavy atom. The molecule has 0 spiro atoms. The largest absolute Gasteiger partial charge is 0.271 e. The Hall–Kier alpha value is -0.0800. The topological polar surface area (TPSA) is 38.0 Å². The van der Waals surface area contributed by atoms with Gasteiger partial charge in [0.05, 0.1) is 0 Å². The predicted molar refractivity (Wildman–Crippen MR) is 43.3 cm³/mol. The average molecular weight is 142 g/mol. The predicted octanol–water partition coefficient (Wildman–Crippen LogP) is 1.27. The minimum atomic E-state index is 0.535. The van der Waals surface area contributed by atoms with Crippen molar-refractivity contribution in [1.29, 1.82) is 0 Å². The van der Waals surface area contributed by atoms with Crippen LogP contribution in [0, 0.1) is 11.8 Å². The lowest BCUT2D eigenvalue weighted by molar-refractivity contribution is 0.368. The van der Waals surface area contributed by atoms with E-state index in [4.69, 9.17) is 5.84 Å². The van der Waals surface area contributed by atoms with E-state index in [1.807, 2.05) is 0 Å². The summed E-state index contributed by atoms with van der Waals surface area (Å²) < 4.78 is 0. The van der Waals surface area contributed by atoms with Gasteiger partial charge < -0.3 is 0 Å². The van der Waals surface area contributed by atoms with E-state index < -0.39 is 0 Å². The standard InChI is InChI=1S/C8H18N2/c1-6(2)8(10-9)5-7-3-4-7/h6-8,10H,3-5,9H2,1-2H3. The second-order valence-corrected chi connectivity index (χ2v) is 3.70. The van der Waals surface area contributed by atoms with Gasteiger partial charge in [-0.1, -0.05) is 26.7 Å². The Bertz CT molecular complexity index is 97.4. The highest BCUT2D eigenvalue weighted by Crippen LogP contribution is 2.34. The molecule has 1 rings (SSSR count). The lowest BCUT2D eigenvalue weighted by Crippen LogP contribution is -2.39. The molecule has 1 unspecified atom stereocenters. The quantitative estimate of drug-likeness (QED) is 0.458. The van der Waals surface area contributed by atoms with Crippen molar-refractivity contribution >= 4 is 0 Å². The average Bonchev–Trinajstić information content (AvgIpc) is 2.64. The Kier molecular flexibility index (Phi) is 2.69. The van der Waals surface area contributed by atoms with Gasteiger partial charge in [0, 0.05) is 6.04 Å². The van der Waals surface area contributed by atoms with Crippen molar-refractivity contribution in [3.8, 4) is 0 Å². The normalized spacial score (nSPS) is 21.6. The van der Waals surface area contributed by atoms with E-state index >= 15 is 0 Å². The first kappa shape index (κ1) is 8.02. The molecule has 0 aliphatic heterocycles. The SMILES string of the molecule is CC(C)C(CC1CC1)NN. The molecule has 1 aliphatic rings. The van der Waals surface area contributed by atoms with Gasteiger partial charge in [-0.2, -0.15) is 0 Å². The molecular formula is C8H18N2. The third-order valence-corrected chi connectivity index (χ3v) is 2.30. The molecule has 1 saturated carbocycles. The lowest BCUT2D eigenvalue weighted by atomic mass is 9.99. The van der Waals surface area contributed by atoms with Gasteiger partial charge in [0.25, 0.3) is 0 Å². The van der Waals surface area contributed by atoms with Gasteiger partial charge in [0.15, 0.2) is 0 Å². The summed E-state index contributed by atoms with van der Waals surface area (Å²) in [7, 11) is 0. The molecule has 0 radical (unpaired) electrons. The second-order valence-electron chi connectivity index (χ2n) is 3.70. The summed E-state index contributed by atoms with van der Waals surface area (Å²) in [5.74, 6) is 7.05. The van der Waals surface area contributed by atoms with Gasteiger partial charge in [0.1, 0.15) is 0 Å². The van der Waals surface area contributed by atoms with Crippen LogP contribution >= 0.6 is 0 Å². The molecule has 0 bridgehead atoms. The zero-order valence-corrected chi connectivity index (χ0v) is 6.93. The van der Waals surface area contributed by atoms with Crippen LogP contribution in [0.5, 0.6) is 0 Å². The molecule has 3 N–H and O–H groups in total. The molecule has 2 heteroatoms. The molecule has 10 heavy (non-hydrogen) atoms. The van der Waals surface area contributed by atoms with E-state index in [9.17, 15) is 0 Å². The van der Waals surface area contributed by atoms with Gasteiger partial charge in [-0.3, -0.25) is 11.3 Å². The lowest BCUT2D eigenvalue weighted by Gasteiger charge is -2.18. The van der Waals surface area contributed by atoms with E-state index in [1.165, 1.54) is 19.3 Å². The molecule has 0 saturated heterocycles. The Morgan fingerprint density at radius 2 is 2.10 bits per heavy atom. The minimum Gasteiger partial charge on any atom is -0.271 e. The molecule has 1 aliphatic carbocycles. The van der Waals surface area contributed by atoms with Crippen LogP contribution in [0.3, 0.4) is 0 Å². The van der Waals surface area contributed by atoms with Crippen LogP contribution in [0.25, 0.3) is 0 Å². The van der Waals surface area contributed by atoms with Crippen molar-refractivity contribution in [3.63, 3.8) is 0 Å². The smallest absolute Gasteiger partial charge is 0.0236 e. The van der Waals surface area contributed by atoms with Crippen LogP contribution in [-0.2, 0) is 0 Å². The zero-order valence-electron chi connectivity index (χ0n) is 6.93. The van der Waals surface area contributed by atoms with Gasteiger partial charge >= 0.3 is 0 Å². The van der Waals surface area contributed by atoms with Gasteiger partial charge in [-0.05, 0) is 18.3 Å². The summed E-state index contributed by atoms with van der Waals surface area (Å²) in [5.41, 5.74) is 2.87. The van der Waals surface area contributed by atoms with E-state index in [-0.39, 0.29) is 0 Å². The maximum absolute atomic E-state index is 5.40. The number of nitrogens with one attached hydrogen (secondary N) is 1. The van der Waals surface area contributed by atoms with E-state index in [1.54, 1.807) is 0 Å². The third-order valence-electron chi connectivity index (χ3n) is 2.30. The summed E-state index contributed by atoms with van der Waals surface area (Å²) in [5, 5.41) is 0. The van der Waals surface area contributed by atoms with Crippen LogP contribution < -0.4 is 11.3 Å². The summed E-state index contributed by atoms with van der Waals surface area (Å²) in [6.07, 6.45) is 4.12. The van der Waals surface area contributed by atoms with E-state index in [0.29, 0.717) is 12.0 Å². The van der Waals surface area contributed by atoms with Crippen molar-refractivity contribution in [2.75, 3.05) is 0 Å². The maximum Gasteiger partial charge on any atom is 0.0236 e. The maximum atomic E-state index is 5.40. The second kappa shape index (κ2) is 3.35. The fraction of sp³-hybridized carbons (Fsp3) is 1.00. The van der Waals surface area contributed by atoms with Crippen molar-refractivity contribution in [2.45, 2.75) is 39.2 Å². The van der Waals surface area contributed by atoms with Crippen molar-refractivity contribution in [1.82, 2.24) is 5.43 Å². The van der Waals surface area contributed by atoms with Crippen molar-refractivity contribution in [3.05, 3.63) is 0 Å². The van der Waals surface area contributed by atoms with Crippen LogP contribution in [0.15, 0.2) is 0 Å². The molecule has 2 nitrogen and oxygen atoms in total. The number of rotatable bonds is 4. The number of nitrogens with two attached hydrogens (primary N) is 1. The highest BCUT2D eigenvalue weighted by atomic mass is 15.2. The summed E-state index contributed by atoms with van der Waals surface area (Å²) in [4.78, 5) is 0.